The minimum Gasteiger partial charge on any atom is -0.449 e. The first-order valence-corrected chi connectivity index (χ1v) is 17.6. The van der Waals surface area contributed by atoms with Crippen molar-refractivity contribution in [3.63, 3.8) is 0 Å². The Balaban J connectivity index is 1.02. The van der Waals surface area contributed by atoms with Crippen LogP contribution in [0.15, 0.2) is 53.8 Å². The lowest BCUT2D eigenvalue weighted by Gasteiger charge is -2.37. The molecule has 0 bridgehead atoms. The number of aromatic nitrogens is 2. The molecule has 2 saturated heterocycles. The maximum Gasteiger partial charge on any atom is 0.410 e. The van der Waals surface area contributed by atoms with Gasteiger partial charge in [-0.3, -0.25) is 9.89 Å². The average molecular weight is 679 g/mol. The molecule has 5 heterocycles. The van der Waals surface area contributed by atoms with Gasteiger partial charge in [-0.25, -0.2) is 14.6 Å². The predicted octanol–water partition coefficient (Wildman–Crippen LogP) is 8.64. The fourth-order valence-electron chi connectivity index (χ4n) is 6.83. The van der Waals surface area contributed by atoms with Crippen molar-refractivity contribution < 1.29 is 28.5 Å². The van der Waals surface area contributed by atoms with Crippen molar-refractivity contribution in [3.05, 3.63) is 60.2 Å². The van der Waals surface area contributed by atoms with E-state index >= 15 is 0 Å². The summed E-state index contributed by atoms with van der Waals surface area (Å²) in [5.41, 5.74) is 3.35. The predicted molar refractivity (Wildman–Crippen MR) is 192 cm³/mol. The number of amides is 2. The molecule has 0 saturated carbocycles. The van der Waals surface area contributed by atoms with E-state index in [1.54, 1.807) is 11.1 Å². The summed E-state index contributed by atoms with van der Waals surface area (Å²) in [6.07, 6.45) is 8.64. The largest absolute Gasteiger partial charge is 0.449 e. The van der Waals surface area contributed by atoms with Crippen molar-refractivity contribution in [2.75, 3.05) is 13.1 Å². The molecule has 2 amide bonds. The van der Waals surface area contributed by atoms with Crippen LogP contribution in [0.5, 0.6) is 23.0 Å². The Morgan fingerprint density at radius 1 is 0.780 bits per heavy atom. The maximum absolute atomic E-state index is 13.0. The lowest BCUT2D eigenvalue weighted by molar-refractivity contribution is 0.00842. The maximum atomic E-state index is 13.0. The zero-order chi connectivity index (χ0) is 35.2. The minimum absolute atomic E-state index is 0.122. The van der Waals surface area contributed by atoms with E-state index in [0.29, 0.717) is 36.1 Å². The van der Waals surface area contributed by atoms with Gasteiger partial charge in [0.15, 0.2) is 23.0 Å². The number of nitrogens with zero attached hydrogens (tertiary/aromatic N) is 4. The molecular weight excluding hydrogens is 633 g/mol. The van der Waals surface area contributed by atoms with Gasteiger partial charge in [-0.05, 0) is 116 Å². The Bertz CT molecular complexity index is 1850. The molecule has 0 aliphatic carbocycles. The van der Waals surface area contributed by atoms with Crippen LogP contribution in [0, 0.1) is 0 Å². The molecule has 2 aromatic carbocycles. The van der Waals surface area contributed by atoms with Crippen LogP contribution in [0.25, 0.3) is 16.7 Å². The second-order valence-corrected chi connectivity index (χ2v) is 15.4. The summed E-state index contributed by atoms with van der Waals surface area (Å²) in [5.74, 6) is 3.18. The molecule has 0 unspecified atom stereocenters. The van der Waals surface area contributed by atoms with Gasteiger partial charge in [-0.15, -0.1) is 0 Å². The summed E-state index contributed by atoms with van der Waals surface area (Å²) < 4.78 is 24.0. The molecule has 2 atom stereocenters. The first-order chi connectivity index (χ1) is 23.8. The Hall–Kier alpha value is -4.74. The molecule has 2 fully saturated rings. The zero-order valence-corrected chi connectivity index (χ0v) is 29.7. The quantitative estimate of drug-likeness (QED) is 0.215. The molecule has 4 aliphatic rings. The van der Waals surface area contributed by atoms with Gasteiger partial charge in [0, 0.05) is 30.5 Å². The van der Waals surface area contributed by atoms with E-state index in [1.807, 2.05) is 89.0 Å². The van der Waals surface area contributed by atoms with Gasteiger partial charge >= 0.3 is 12.2 Å². The number of ether oxygens (including phenoxy) is 4. The Morgan fingerprint density at radius 2 is 1.34 bits per heavy atom. The molecular formula is C38H45BN5O6. The van der Waals surface area contributed by atoms with E-state index in [9.17, 15) is 9.59 Å². The van der Waals surface area contributed by atoms with Gasteiger partial charge < -0.3 is 28.8 Å². The fourth-order valence-corrected chi connectivity index (χ4v) is 6.83. The Morgan fingerprint density at radius 3 is 1.96 bits per heavy atom. The number of hydrogen-bond acceptors (Lipinski definition) is 8. The molecule has 1 aromatic heterocycles. The van der Waals surface area contributed by atoms with Gasteiger partial charge in [-0.2, -0.15) is 0 Å². The van der Waals surface area contributed by atoms with Crippen molar-refractivity contribution in [2.45, 2.75) is 103 Å². The number of H-pyrrole nitrogens is 1. The number of benzene rings is 2. The first-order valence-electron chi connectivity index (χ1n) is 17.6. The molecule has 12 heteroatoms. The van der Waals surface area contributed by atoms with Gasteiger partial charge in [0.25, 0.3) is 0 Å². The van der Waals surface area contributed by atoms with Crippen LogP contribution in [0.4, 0.5) is 9.59 Å². The molecule has 50 heavy (non-hydrogen) atoms. The average Bonchev–Trinajstić information content (AvgIpc) is 3.77. The standard InChI is InChI=1S/C38H45BN5O6/c1-37(2,3)49-35(45)43-17-9-7-11-27(43)33-39-25(21-40-33)23-13-15-29-31(19-23)47-30-16-14-24(20-32(30)48-29)26-22-41-34(42-26)28-12-8-10-18-44(28)36(46)50-38(4,5)6/h13-16,19-22,27-28H,7-12,17-18H2,1-6H3,(H,41,42)/t27-,28-/m0/s1. The molecule has 1 radical (unpaired) electrons. The lowest BCUT2D eigenvalue weighted by atomic mass is 9.61. The summed E-state index contributed by atoms with van der Waals surface area (Å²) in [5, 5.41) is 0. The molecule has 7 rings (SSSR count). The first kappa shape index (κ1) is 33.7. The van der Waals surface area contributed by atoms with Gasteiger partial charge in [-0.1, -0.05) is 11.5 Å². The number of carbonyl (C=O) groups is 2. The Labute approximate surface area is 294 Å². The Kier molecular flexibility index (Phi) is 8.90. The number of rotatable bonds is 4. The number of nitrogens with one attached hydrogen (secondary N) is 1. The molecule has 1 N–H and O–H groups in total. The molecule has 4 aliphatic heterocycles. The van der Waals surface area contributed by atoms with E-state index in [0.717, 1.165) is 72.3 Å². The van der Waals surface area contributed by atoms with Gasteiger partial charge in [0.1, 0.15) is 17.0 Å². The van der Waals surface area contributed by atoms with Gasteiger partial charge in [0.05, 0.1) is 24.0 Å². The highest BCUT2D eigenvalue weighted by Gasteiger charge is 2.36. The summed E-state index contributed by atoms with van der Waals surface area (Å²) >= 11 is 0. The van der Waals surface area contributed by atoms with Crippen molar-refractivity contribution in [3.8, 4) is 34.3 Å². The number of aromatic amines is 1. The smallest absolute Gasteiger partial charge is 0.410 e. The molecule has 11 nitrogen and oxygen atoms in total. The minimum atomic E-state index is -0.565. The number of imidazole rings is 1. The van der Waals surface area contributed by atoms with Crippen LogP contribution in [0.2, 0.25) is 0 Å². The third-order valence-corrected chi connectivity index (χ3v) is 9.14. The van der Waals surface area contributed by atoms with E-state index in [1.165, 1.54) is 0 Å². The van der Waals surface area contributed by atoms with E-state index in [2.05, 4.69) is 17.2 Å². The molecule has 0 spiro atoms. The van der Waals surface area contributed by atoms with Crippen LogP contribution in [0.3, 0.4) is 0 Å². The normalized spacial score (nSPS) is 20.4. The number of piperidine rings is 2. The molecule has 261 valence electrons. The van der Waals surface area contributed by atoms with Crippen LogP contribution >= 0.6 is 0 Å². The monoisotopic (exact) mass is 678 g/mol. The SMILES string of the molecule is CC(C)(C)OC(=O)N1CCCC[C@H]1C1=NC=C(c2ccc3c(c2)Oc2ccc(-c4cnc([C@@H]5CCCCN5C(=O)OC(C)(C)C)[nH]4)cc2O3)[B]1. The third-order valence-electron chi connectivity index (χ3n) is 9.14. The number of likely N-dealkylation sites (tertiary alicyclic amines) is 2. The highest BCUT2D eigenvalue weighted by Crippen LogP contribution is 2.47. The highest BCUT2D eigenvalue weighted by molar-refractivity contribution is 6.91. The van der Waals surface area contributed by atoms with E-state index in [4.69, 9.17) is 23.9 Å². The van der Waals surface area contributed by atoms with Crippen molar-refractivity contribution in [2.24, 2.45) is 4.99 Å². The second-order valence-electron chi connectivity index (χ2n) is 15.4. The number of fused-ring (bicyclic) bond motifs is 2. The van der Waals surface area contributed by atoms with Gasteiger partial charge in [0.2, 0.25) is 7.28 Å². The summed E-state index contributed by atoms with van der Waals surface area (Å²) in [6.45, 7) is 12.6. The summed E-state index contributed by atoms with van der Waals surface area (Å²) in [6, 6.07) is 11.4. The number of aliphatic imine (C=N–C) groups is 1. The van der Waals surface area contributed by atoms with Crippen molar-refractivity contribution in [1.82, 2.24) is 19.8 Å². The zero-order valence-electron chi connectivity index (χ0n) is 29.7. The van der Waals surface area contributed by atoms with Crippen LogP contribution in [-0.2, 0) is 9.47 Å². The third kappa shape index (κ3) is 7.25. The second kappa shape index (κ2) is 13.2. The number of hydrogen-bond donors (Lipinski definition) is 1. The van der Waals surface area contributed by atoms with Crippen molar-refractivity contribution >= 4 is 30.5 Å². The number of carbonyl (C=O) groups excluding carboxylic acids is 2. The van der Waals surface area contributed by atoms with Crippen molar-refractivity contribution in [1.29, 1.82) is 0 Å². The summed E-state index contributed by atoms with van der Waals surface area (Å²) in [7, 11) is 2.05. The van der Waals surface area contributed by atoms with E-state index < -0.39 is 11.2 Å². The van der Waals surface area contributed by atoms with Crippen LogP contribution in [-0.4, -0.2) is 75.2 Å². The van der Waals surface area contributed by atoms with E-state index in [-0.39, 0.29) is 24.3 Å². The lowest BCUT2D eigenvalue weighted by Crippen LogP contribution is -2.50. The fraction of sp³-hybridized carbons (Fsp3) is 0.474. The summed E-state index contributed by atoms with van der Waals surface area (Å²) in [4.78, 5) is 42.5. The van der Waals surface area contributed by atoms with Crippen LogP contribution in [0.1, 0.15) is 97.5 Å². The molecule has 3 aromatic rings. The van der Waals surface area contributed by atoms with Crippen LogP contribution < -0.4 is 9.47 Å². The highest BCUT2D eigenvalue weighted by atomic mass is 16.6. The topological polar surface area (TPSA) is 119 Å².